The number of nitrogens with one attached hydrogen (secondary N) is 1. The lowest BCUT2D eigenvalue weighted by Gasteiger charge is -2.26. The van der Waals surface area contributed by atoms with Gasteiger partial charge in [-0.05, 0) is 18.1 Å². The fourth-order valence-electron chi connectivity index (χ4n) is 2.06. The minimum Gasteiger partial charge on any atom is -0.443 e. The first-order valence-corrected chi connectivity index (χ1v) is 8.18. The van der Waals surface area contributed by atoms with Gasteiger partial charge < -0.3 is 14.6 Å². The molecule has 2 aromatic carbocycles. The Bertz CT molecular complexity index is 694. The van der Waals surface area contributed by atoms with Crippen LogP contribution in [0.2, 0.25) is 0 Å². The number of rotatable bonds is 6. The molecule has 0 fully saturated rings. The first kappa shape index (κ1) is 19.3. The van der Waals surface area contributed by atoms with Crippen molar-refractivity contribution >= 4 is 12.2 Å². The molecule has 0 saturated heterocycles. The minimum atomic E-state index is -0.814. The first-order chi connectivity index (χ1) is 12.6. The number of benzene rings is 2. The Morgan fingerprint density at radius 2 is 1.46 bits per heavy atom. The van der Waals surface area contributed by atoms with E-state index in [1.807, 2.05) is 60.7 Å². The van der Waals surface area contributed by atoms with Crippen LogP contribution in [0, 0.1) is 0 Å². The summed E-state index contributed by atoms with van der Waals surface area (Å²) in [5, 5.41) is 10.2. The second-order valence-corrected chi connectivity index (χ2v) is 5.62. The second kappa shape index (κ2) is 10.0. The van der Waals surface area contributed by atoms with Crippen LogP contribution in [-0.2, 0) is 22.7 Å². The Morgan fingerprint density at radius 1 is 0.962 bits per heavy atom. The lowest BCUT2D eigenvalue weighted by atomic mass is 10.2. The largest absolute Gasteiger partial charge is 0.443 e. The zero-order chi connectivity index (χ0) is 18.8. The number of aliphatic hydroxyl groups is 1. The van der Waals surface area contributed by atoms with Crippen LogP contribution in [0.25, 0.3) is 0 Å². The SMILES string of the molecule is C[C@@H](CO)N(NC(=O)OCc1ccccc1)C(=O)OCc1ccccc1. The third-order valence-electron chi connectivity index (χ3n) is 3.53. The maximum absolute atomic E-state index is 12.2. The van der Waals surface area contributed by atoms with Gasteiger partial charge in [-0.15, -0.1) is 0 Å². The highest BCUT2D eigenvalue weighted by Gasteiger charge is 2.24. The van der Waals surface area contributed by atoms with Crippen LogP contribution in [0.1, 0.15) is 18.1 Å². The normalized spacial score (nSPS) is 11.3. The maximum Gasteiger partial charge on any atom is 0.429 e. The molecule has 7 heteroatoms. The third kappa shape index (κ3) is 6.10. The van der Waals surface area contributed by atoms with Crippen LogP contribution in [0.3, 0.4) is 0 Å². The van der Waals surface area contributed by atoms with Crippen molar-refractivity contribution in [1.82, 2.24) is 10.4 Å². The topological polar surface area (TPSA) is 88.1 Å². The van der Waals surface area contributed by atoms with Crippen LogP contribution >= 0.6 is 0 Å². The fraction of sp³-hybridized carbons (Fsp3) is 0.263. The van der Waals surface area contributed by atoms with Crippen LogP contribution in [-0.4, -0.2) is 35.0 Å². The van der Waals surface area contributed by atoms with Gasteiger partial charge in [0.15, 0.2) is 0 Å². The van der Waals surface area contributed by atoms with Crippen molar-refractivity contribution < 1.29 is 24.2 Å². The number of hydrogen-bond acceptors (Lipinski definition) is 5. The van der Waals surface area contributed by atoms with Crippen molar-refractivity contribution in [2.75, 3.05) is 6.61 Å². The van der Waals surface area contributed by atoms with Crippen molar-refractivity contribution in [3.8, 4) is 0 Å². The lowest BCUT2D eigenvalue weighted by Crippen LogP contribution is -2.52. The van der Waals surface area contributed by atoms with Gasteiger partial charge in [0, 0.05) is 0 Å². The van der Waals surface area contributed by atoms with Gasteiger partial charge in [0.25, 0.3) is 0 Å². The number of hydrazine groups is 1. The minimum absolute atomic E-state index is 0.0507. The summed E-state index contributed by atoms with van der Waals surface area (Å²) in [5.41, 5.74) is 3.94. The number of nitrogens with zero attached hydrogens (tertiary/aromatic N) is 1. The highest BCUT2D eigenvalue weighted by molar-refractivity contribution is 5.74. The Labute approximate surface area is 152 Å². The molecule has 0 aliphatic carbocycles. The van der Waals surface area contributed by atoms with Gasteiger partial charge in [0.2, 0.25) is 0 Å². The average molecular weight is 358 g/mol. The van der Waals surface area contributed by atoms with E-state index in [0.717, 1.165) is 16.1 Å². The average Bonchev–Trinajstić information content (AvgIpc) is 2.69. The van der Waals surface area contributed by atoms with Gasteiger partial charge in [0.05, 0.1) is 12.6 Å². The lowest BCUT2D eigenvalue weighted by molar-refractivity contribution is 0.0367. The first-order valence-electron chi connectivity index (χ1n) is 8.18. The van der Waals surface area contributed by atoms with E-state index in [4.69, 9.17) is 9.47 Å². The van der Waals surface area contributed by atoms with Crippen LogP contribution in [0.5, 0.6) is 0 Å². The van der Waals surface area contributed by atoms with Gasteiger partial charge in [-0.3, -0.25) is 0 Å². The molecule has 0 aromatic heterocycles. The Morgan fingerprint density at radius 3 is 1.96 bits per heavy atom. The molecule has 2 amide bonds. The number of hydrogen-bond donors (Lipinski definition) is 2. The van der Waals surface area contributed by atoms with Crippen molar-refractivity contribution in [3.63, 3.8) is 0 Å². The highest BCUT2D eigenvalue weighted by atomic mass is 16.6. The molecule has 0 aliphatic rings. The summed E-state index contributed by atoms with van der Waals surface area (Å²) in [7, 11) is 0. The van der Waals surface area contributed by atoms with Gasteiger partial charge in [-0.1, -0.05) is 60.7 Å². The summed E-state index contributed by atoms with van der Waals surface area (Å²) in [6.45, 7) is 1.34. The van der Waals surface area contributed by atoms with Gasteiger partial charge in [-0.25, -0.2) is 20.0 Å². The van der Waals surface area contributed by atoms with E-state index in [-0.39, 0.29) is 19.8 Å². The summed E-state index contributed by atoms with van der Waals surface area (Å²) in [4.78, 5) is 24.2. The number of ether oxygens (including phenoxy) is 2. The predicted octanol–water partition coefficient (Wildman–Crippen LogP) is 2.85. The monoisotopic (exact) mass is 358 g/mol. The Balaban J connectivity index is 1.89. The molecule has 0 aliphatic heterocycles. The molecule has 26 heavy (non-hydrogen) atoms. The molecular formula is C19H22N2O5. The second-order valence-electron chi connectivity index (χ2n) is 5.62. The smallest absolute Gasteiger partial charge is 0.429 e. The third-order valence-corrected chi connectivity index (χ3v) is 3.53. The summed E-state index contributed by atoms with van der Waals surface area (Å²) in [5.74, 6) is 0. The summed E-state index contributed by atoms with van der Waals surface area (Å²) in [6, 6.07) is 17.6. The maximum atomic E-state index is 12.2. The number of carbonyl (C=O) groups is 2. The summed E-state index contributed by atoms with van der Waals surface area (Å²) in [6.07, 6.45) is -1.60. The standard InChI is InChI=1S/C19H22N2O5/c1-15(12-22)21(19(24)26-14-17-10-6-3-7-11-17)20-18(23)25-13-16-8-4-2-5-9-16/h2-11,15,22H,12-14H2,1H3,(H,20,23)/t15-/m0/s1. The molecule has 2 rings (SSSR count). The van der Waals surface area contributed by atoms with Crippen LogP contribution in [0.15, 0.2) is 60.7 Å². The van der Waals surface area contributed by atoms with E-state index in [1.165, 1.54) is 0 Å². The molecule has 0 bridgehead atoms. The Hall–Kier alpha value is -3.06. The molecule has 7 nitrogen and oxygen atoms in total. The van der Waals surface area contributed by atoms with Gasteiger partial charge in [0.1, 0.15) is 13.2 Å². The molecule has 0 heterocycles. The van der Waals surface area contributed by atoms with E-state index in [1.54, 1.807) is 6.92 Å². The number of aliphatic hydroxyl groups excluding tert-OH is 1. The number of carbonyl (C=O) groups excluding carboxylic acids is 2. The molecule has 2 aromatic rings. The highest BCUT2D eigenvalue weighted by Crippen LogP contribution is 2.06. The Kier molecular flexibility index (Phi) is 7.45. The number of amides is 2. The van der Waals surface area contributed by atoms with E-state index in [2.05, 4.69) is 5.43 Å². The zero-order valence-corrected chi connectivity index (χ0v) is 14.5. The summed E-state index contributed by atoms with van der Waals surface area (Å²) < 4.78 is 10.3. The quantitative estimate of drug-likeness (QED) is 0.775. The van der Waals surface area contributed by atoms with Gasteiger partial charge in [-0.2, -0.15) is 0 Å². The van der Waals surface area contributed by atoms with E-state index in [0.29, 0.717) is 0 Å². The van der Waals surface area contributed by atoms with E-state index in [9.17, 15) is 14.7 Å². The van der Waals surface area contributed by atoms with Gasteiger partial charge >= 0.3 is 12.2 Å². The molecular weight excluding hydrogens is 336 g/mol. The molecule has 0 unspecified atom stereocenters. The van der Waals surface area contributed by atoms with E-state index >= 15 is 0 Å². The molecule has 0 radical (unpaired) electrons. The fourth-order valence-corrected chi connectivity index (χ4v) is 2.06. The molecule has 0 spiro atoms. The molecule has 2 N–H and O–H groups in total. The molecule has 1 atom stereocenters. The van der Waals surface area contributed by atoms with E-state index < -0.39 is 18.2 Å². The van der Waals surface area contributed by atoms with Crippen molar-refractivity contribution in [2.45, 2.75) is 26.2 Å². The predicted molar refractivity (Wildman–Crippen MR) is 94.8 cm³/mol. The summed E-state index contributed by atoms with van der Waals surface area (Å²) >= 11 is 0. The molecule has 0 saturated carbocycles. The van der Waals surface area contributed by atoms with Crippen molar-refractivity contribution in [2.24, 2.45) is 0 Å². The van der Waals surface area contributed by atoms with Crippen LogP contribution < -0.4 is 5.43 Å². The molecule has 138 valence electrons. The zero-order valence-electron chi connectivity index (χ0n) is 14.5. The van der Waals surface area contributed by atoms with Crippen molar-refractivity contribution in [1.29, 1.82) is 0 Å². The van der Waals surface area contributed by atoms with Crippen molar-refractivity contribution in [3.05, 3.63) is 71.8 Å². The van der Waals surface area contributed by atoms with Crippen LogP contribution in [0.4, 0.5) is 9.59 Å².